The van der Waals surface area contributed by atoms with Gasteiger partial charge in [-0.15, -0.1) is 0 Å². The quantitative estimate of drug-likeness (QED) is 0.652. The van der Waals surface area contributed by atoms with Crippen molar-refractivity contribution in [1.29, 1.82) is 0 Å². The van der Waals surface area contributed by atoms with E-state index in [2.05, 4.69) is 12.2 Å². The van der Waals surface area contributed by atoms with E-state index in [1.54, 1.807) is 12.1 Å². The molecule has 0 aromatic heterocycles. The molecule has 112 valence electrons. The first kappa shape index (κ1) is 15.5. The molecule has 0 radical (unpaired) electrons. The number of hydrogen-bond acceptors (Lipinski definition) is 2. The van der Waals surface area contributed by atoms with E-state index in [1.165, 1.54) is 31.2 Å². The zero-order valence-electron chi connectivity index (χ0n) is 12.4. The van der Waals surface area contributed by atoms with Crippen LogP contribution in [0, 0.1) is 11.7 Å². The molecule has 2 nitrogen and oxygen atoms in total. The maximum absolute atomic E-state index is 13.0. The van der Waals surface area contributed by atoms with Crippen LogP contribution >= 0.6 is 0 Å². The van der Waals surface area contributed by atoms with Gasteiger partial charge >= 0.3 is 0 Å². The van der Waals surface area contributed by atoms with Gasteiger partial charge in [0.25, 0.3) is 0 Å². The van der Waals surface area contributed by atoms with Gasteiger partial charge < -0.3 is 10.1 Å². The summed E-state index contributed by atoms with van der Waals surface area (Å²) in [6.45, 7) is 4.73. The normalized spacial score (nSPS) is 16.3. The number of benzene rings is 1. The number of halogens is 1. The average Bonchev–Trinajstić information content (AvgIpc) is 3.27. The summed E-state index contributed by atoms with van der Waals surface area (Å²) in [5.74, 6) is 0.652. The summed E-state index contributed by atoms with van der Waals surface area (Å²) >= 11 is 0. The summed E-state index contributed by atoms with van der Waals surface area (Å²) in [5.41, 5.74) is 1.17. The molecule has 1 aromatic carbocycles. The number of nitrogens with one attached hydrogen (secondary N) is 1. The molecule has 0 spiro atoms. The third kappa shape index (κ3) is 5.59. The minimum absolute atomic E-state index is 0.171. The van der Waals surface area contributed by atoms with Crippen LogP contribution in [-0.2, 0) is 4.74 Å². The van der Waals surface area contributed by atoms with Crippen molar-refractivity contribution >= 4 is 0 Å². The van der Waals surface area contributed by atoms with Gasteiger partial charge in [-0.25, -0.2) is 4.39 Å². The smallest absolute Gasteiger partial charge is 0.123 e. The Kier molecular flexibility index (Phi) is 6.48. The molecule has 1 atom stereocenters. The average molecular weight is 279 g/mol. The van der Waals surface area contributed by atoms with Crippen LogP contribution in [0.4, 0.5) is 4.39 Å². The SMILES string of the molecule is CCCCC(NCCOCC1CC1)c1ccc(F)cc1. The van der Waals surface area contributed by atoms with Crippen LogP contribution in [0.2, 0.25) is 0 Å². The van der Waals surface area contributed by atoms with Crippen LogP contribution in [0.3, 0.4) is 0 Å². The molecule has 0 heterocycles. The summed E-state index contributed by atoms with van der Waals surface area (Å²) in [5, 5.41) is 3.54. The number of rotatable bonds is 10. The zero-order chi connectivity index (χ0) is 14.2. The van der Waals surface area contributed by atoms with E-state index < -0.39 is 0 Å². The maximum Gasteiger partial charge on any atom is 0.123 e. The lowest BCUT2D eigenvalue weighted by atomic mass is 10.0. The Bertz CT molecular complexity index is 375. The second kappa shape index (κ2) is 8.38. The third-order valence-corrected chi connectivity index (χ3v) is 3.81. The number of ether oxygens (including phenoxy) is 1. The van der Waals surface area contributed by atoms with Crippen LogP contribution in [0.25, 0.3) is 0 Å². The number of hydrogen-bond donors (Lipinski definition) is 1. The van der Waals surface area contributed by atoms with Crippen LogP contribution in [0.15, 0.2) is 24.3 Å². The second-order valence-corrected chi connectivity index (χ2v) is 5.72. The second-order valence-electron chi connectivity index (χ2n) is 5.72. The fraction of sp³-hybridized carbons (Fsp3) is 0.647. The van der Waals surface area contributed by atoms with Crippen LogP contribution < -0.4 is 5.32 Å². The van der Waals surface area contributed by atoms with Crippen molar-refractivity contribution in [2.45, 2.75) is 45.1 Å². The Morgan fingerprint density at radius 3 is 2.70 bits per heavy atom. The Morgan fingerprint density at radius 1 is 1.30 bits per heavy atom. The molecule has 1 unspecified atom stereocenters. The van der Waals surface area contributed by atoms with Gasteiger partial charge in [0.05, 0.1) is 6.61 Å². The first-order valence-electron chi connectivity index (χ1n) is 7.86. The van der Waals surface area contributed by atoms with Gasteiger partial charge in [0.1, 0.15) is 5.82 Å². The van der Waals surface area contributed by atoms with Gasteiger partial charge in [0.2, 0.25) is 0 Å². The van der Waals surface area contributed by atoms with Crippen molar-refractivity contribution < 1.29 is 9.13 Å². The van der Waals surface area contributed by atoms with E-state index in [4.69, 9.17) is 4.74 Å². The van der Waals surface area contributed by atoms with Crippen LogP contribution in [0.5, 0.6) is 0 Å². The summed E-state index contributed by atoms with van der Waals surface area (Å²) in [6.07, 6.45) is 6.12. The lowest BCUT2D eigenvalue weighted by molar-refractivity contribution is 0.124. The Balaban J connectivity index is 1.74. The van der Waals surface area contributed by atoms with Gasteiger partial charge in [-0.05, 0) is 42.9 Å². The first-order valence-corrected chi connectivity index (χ1v) is 7.86. The molecule has 0 aliphatic heterocycles. The minimum Gasteiger partial charge on any atom is -0.380 e. The van der Waals surface area contributed by atoms with Gasteiger partial charge in [0.15, 0.2) is 0 Å². The van der Waals surface area contributed by atoms with Crippen molar-refractivity contribution in [3.63, 3.8) is 0 Å². The molecule has 0 saturated heterocycles. The molecule has 0 amide bonds. The van der Waals surface area contributed by atoms with E-state index in [9.17, 15) is 4.39 Å². The molecule has 2 rings (SSSR count). The molecule has 20 heavy (non-hydrogen) atoms. The molecule has 1 N–H and O–H groups in total. The van der Waals surface area contributed by atoms with Gasteiger partial charge in [-0.2, -0.15) is 0 Å². The van der Waals surface area contributed by atoms with Crippen molar-refractivity contribution in [1.82, 2.24) is 5.32 Å². The van der Waals surface area contributed by atoms with Crippen LogP contribution in [0.1, 0.15) is 50.6 Å². The topological polar surface area (TPSA) is 21.3 Å². The van der Waals surface area contributed by atoms with E-state index in [0.717, 1.165) is 32.1 Å². The molecular formula is C17H26FNO. The van der Waals surface area contributed by atoms with E-state index in [0.29, 0.717) is 6.04 Å². The molecule has 1 fully saturated rings. The lowest BCUT2D eigenvalue weighted by Gasteiger charge is -2.19. The van der Waals surface area contributed by atoms with Crippen molar-refractivity contribution in [2.24, 2.45) is 5.92 Å². The molecule has 1 saturated carbocycles. The van der Waals surface area contributed by atoms with Crippen molar-refractivity contribution in [3.8, 4) is 0 Å². The lowest BCUT2D eigenvalue weighted by Crippen LogP contribution is -2.25. The molecule has 1 aliphatic carbocycles. The van der Waals surface area contributed by atoms with Crippen molar-refractivity contribution in [2.75, 3.05) is 19.8 Å². The fourth-order valence-electron chi connectivity index (χ4n) is 2.33. The van der Waals surface area contributed by atoms with E-state index in [1.807, 2.05) is 12.1 Å². The zero-order valence-corrected chi connectivity index (χ0v) is 12.4. The Hall–Kier alpha value is -0.930. The molecular weight excluding hydrogens is 253 g/mol. The third-order valence-electron chi connectivity index (χ3n) is 3.81. The van der Waals surface area contributed by atoms with Gasteiger partial charge in [-0.3, -0.25) is 0 Å². The summed E-state index contributed by atoms with van der Waals surface area (Å²) < 4.78 is 18.6. The Labute approximate surface area is 121 Å². The number of unbranched alkanes of at least 4 members (excludes halogenated alkanes) is 1. The molecule has 1 aliphatic rings. The minimum atomic E-state index is -0.171. The fourth-order valence-corrected chi connectivity index (χ4v) is 2.33. The van der Waals surface area contributed by atoms with Crippen LogP contribution in [-0.4, -0.2) is 19.8 Å². The highest BCUT2D eigenvalue weighted by Crippen LogP contribution is 2.28. The molecule has 0 bridgehead atoms. The van der Waals surface area contributed by atoms with Crippen molar-refractivity contribution in [3.05, 3.63) is 35.6 Å². The Morgan fingerprint density at radius 2 is 2.05 bits per heavy atom. The summed E-state index contributed by atoms with van der Waals surface area (Å²) in [7, 11) is 0. The van der Waals surface area contributed by atoms with E-state index in [-0.39, 0.29) is 5.82 Å². The maximum atomic E-state index is 13.0. The van der Waals surface area contributed by atoms with Gasteiger partial charge in [-0.1, -0.05) is 31.9 Å². The monoisotopic (exact) mass is 279 g/mol. The molecule has 3 heteroatoms. The van der Waals surface area contributed by atoms with Gasteiger partial charge in [0, 0.05) is 19.2 Å². The largest absolute Gasteiger partial charge is 0.380 e. The predicted molar refractivity (Wildman–Crippen MR) is 80.2 cm³/mol. The first-order chi connectivity index (χ1) is 9.79. The van der Waals surface area contributed by atoms with E-state index >= 15 is 0 Å². The summed E-state index contributed by atoms with van der Waals surface area (Å²) in [4.78, 5) is 0. The highest BCUT2D eigenvalue weighted by Gasteiger charge is 2.20. The summed E-state index contributed by atoms with van der Waals surface area (Å²) in [6, 6.07) is 7.15. The predicted octanol–water partition coefficient (Wildman–Crippen LogP) is 4.07. The standard InChI is InChI=1S/C17H26FNO/c1-2-3-4-17(15-7-9-16(18)10-8-15)19-11-12-20-13-14-5-6-14/h7-10,14,17,19H,2-6,11-13H2,1H3. The highest BCUT2D eigenvalue weighted by molar-refractivity contribution is 5.19. The highest BCUT2D eigenvalue weighted by atomic mass is 19.1. The molecule has 1 aromatic rings.